The van der Waals surface area contributed by atoms with Crippen LogP contribution in [0.4, 0.5) is 0 Å². The Morgan fingerprint density at radius 1 is 1.27 bits per heavy atom. The molecule has 3 atom stereocenters. The Kier molecular flexibility index (Phi) is 4.74. The van der Waals surface area contributed by atoms with Crippen LogP contribution < -0.4 is 10.6 Å². The van der Waals surface area contributed by atoms with E-state index in [-0.39, 0.29) is 17.7 Å². The number of piperidine rings is 1. The van der Waals surface area contributed by atoms with Crippen LogP contribution in [0.3, 0.4) is 0 Å². The lowest BCUT2D eigenvalue weighted by Crippen LogP contribution is -2.49. The van der Waals surface area contributed by atoms with E-state index in [2.05, 4.69) is 24.5 Å². The number of rotatable bonds is 4. The van der Waals surface area contributed by atoms with Crippen molar-refractivity contribution in [3.63, 3.8) is 0 Å². The van der Waals surface area contributed by atoms with Crippen molar-refractivity contribution in [1.82, 2.24) is 10.6 Å². The van der Waals surface area contributed by atoms with Crippen LogP contribution in [0, 0.1) is 5.92 Å². The molecular formula is C18H25ClN2O. The van der Waals surface area contributed by atoms with E-state index in [1.165, 1.54) is 12.8 Å². The third-order valence-corrected chi connectivity index (χ3v) is 5.21. The van der Waals surface area contributed by atoms with Crippen molar-refractivity contribution in [1.29, 1.82) is 0 Å². The van der Waals surface area contributed by atoms with Crippen LogP contribution in [0.25, 0.3) is 0 Å². The molecule has 1 amide bonds. The zero-order chi connectivity index (χ0) is 15.7. The van der Waals surface area contributed by atoms with Crippen molar-refractivity contribution in [2.45, 2.75) is 63.6 Å². The van der Waals surface area contributed by atoms with Crippen molar-refractivity contribution in [3.05, 3.63) is 34.9 Å². The minimum atomic E-state index is -0.133. The number of fused-ring (bicyclic) bond motifs is 2. The van der Waals surface area contributed by atoms with Gasteiger partial charge < -0.3 is 10.6 Å². The molecule has 0 spiro atoms. The van der Waals surface area contributed by atoms with Crippen LogP contribution >= 0.6 is 11.6 Å². The molecule has 0 aliphatic carbocycles. The molecular weight excluding hydrogens is 296 g/mol. The van der Waals surface area contributed by atoms with E-state index in [1.807, 2.05) is 24.3 Å². The van der Waals surface area contributed by atoms with Crippen LogP contribution in [0.15, 0.2) is 24.3 Å². The molecule has 1 aromatic carbocycles. The second-order valence-corrected chi connectivity index (χ2v) is 7.53. The maximum atomic E-state index is 12.8. The molecule has 2 heterocycles. The summed E-state index contributed by atoms with van der Waals surface area (Å²) in [5.41, 5.74) is 1.01. The predicted molar refractivity (Wildman–Crippen MR) is 90.1 cm³/mol. The highest BCUT2D eigenvalue weighted by atomic mass is 35.5. The Hall–Kier alpha value is -1.06. The Balaban J connectivity index is 1.70. The third-order valence-electron chi connectivity index (χ3n) is 4.98. The van der Waals surface area contributed by atoms with Gasteiger partial charge in [-0.3, -0.25) is 4.79 Å². The van der Waals surface area contributed by atoms with Gasteiger partial charge in [0.15, 0.2) is 0 Å². The van der Waals surface area contributed by atoms with Crippen molar-refractivity contribution < 1.29 is 4.79 Å². The van der Waals surface area contributed by atoms with Crippen LogP contribution in [0.1, 0.15) is 51.0 Å². The molecule has 2 fully saturated rings. The Morgan fingerprint density at radius 3 is 2.55 bits per heavy atom. The summed E-state index contributed by atoms with van der Waals surface area (Å²) >= 11 is 6.10. The first-order chi connectivity index (χ1) is 10.5. The van der Waals surface area contributed by atoms with Gasteiger partial charge in [0.1, 0.15) is 0 Å². The number of halogens is 1. The largest absolute Gasteiger partial charge is 0.353 e. The highest BCUT2D eigenvalue weighted by Crippen LogP contribution is 2.30. The number of hydrogen-bond acceptors (Lipinski definition) is 2. The summed E-state index contributed by atoms with van der Waals surface area (Å²) in [5, 5.41) is 7.60. The van der Waals surface area contributed by atoms with Gasteiger partial charge >= 0.3 is 0 Å². The number of nitrogens with one attached hydrogen (secondary N) is 2. The average molecular weight is 321 g/mol. The zero-order valence-electron chi connectivity index (χ0n) is 13.3. The van der Waals surface area contributed by atoms with Crippen LogP contribution in [0.2, 0.25) is 5.02 Å². The van der Waals surface area contributed by atoms with Gasteiger partial charge in [0, 0.05) is 23.1 Å². The monoisotopic (exact) mass is 320 g/mol. The molecule has 22 heavy (non-hydrogen) atoms. The molecule has 0 saturated carbocycles. The van der Waals surface area contributed by atoms with Crippen LogP contribution in [-0.4, -0.2) is 24.0 Å². The van der Waals surface area contributed by atoms with Gasteiger partial charge in [-0.05, 0) is 49.3 Å². The summed E-state index contributed by atoms with van der Waals surface area (Å²) in [7, 11) is 0. The second-order valence-electron chi connectivity index (χ2n) is 7.09. The lowest BCUT2D eigenvalue weighted by Gasteiger charge is -2.31. The lowest BCUT2D eigenvalue weighted by atomic mass is 9.87. The van der Waals surface area contributed by atoms with Gasteiger partial charge in [-0.15, -0.1) is 0 Å². The number of carbonyl (C=O) groups excluding carboxylic acids is 1. The molecule has 1 aromatic rings. The molecule has 120 valence electrons. The Labute approximate surface area is 137 Å². The van der Waals surface area contributed by atoms with Crippen molar-refractivity contribution in [3.8, 4) is 0 Å². The first kappa shape index (κ1) is 15.8. The van der Waals surface area contributed by atoms with Gasteiger partial charge in [-0.1, -0.05) is 37.6 Å². The van der Waals surface area contributed by atoms with E-state index in [4.69, 9.17) is 11.6 Å². The van der Waals surface area contributed by atoms with Gasteiger partial charge in [-0.25, -0.2) is 0 Å². The van der Waals surface area contributed by atoms with E-state index < -0.39 is 0 Å². The zero-order valence-corrected chi connectivity index (χ0v) is 14.1. The smallest absolute Gasteiger partial charge is 0.228 e. The summed E-state index contributed by atoms with van der Waals surface area (Å²) in [6.45, 7) is 4.19. The fourth-order valence-corrected chi connectivity index (χ4v) is 4.20. The summed E-state index contributed by atoms with van der Waals surface area (Å²) in [6, 6.07) is 9.18. The Morgan fingerprint density at radius 2 is 1.95 bits per heavy atom. The van der Waals surface area contributed by atoms with E-state index in [0.717, 1.165) is 18.4 Å². The summed E-state index contributed by atoms with van der Waals surface area (Å²) in [5.74, 6) is 0.256. The van der Waals surface area contributed by atoms with Gasteiger partial charge in [0.05, 0.1) is 5.92 Å². The highest BCUT2D eigenvalue weighted by Gasteiger charge is 2.35. The summed E-state index contributed by atoms with van der Waals surface area (Å²) in [6.07, 6.45) is 4.61. The fourth-order valence-electron chi connectivity index (χ4n) is 4.01. The molecule has 2 saturated heterocycles. The number of carbonyl (C=O) groups is 1. The number of hydrogen-bond donors (Lipinski definition) is 2. The SMILES string of the molecule is CC(C)C(C(=O)NC1CC2CCC(C1)N2)c1cccc(Cl)c1. The van der Waals surface area contributed by atoms with Gasteiger partial charge in [-0.2, -0.15) is 0 Å². The minimum absolute atomic E-state index is 0.133. The number of amides is 1. The first-order valence-corrected chi connectivity index (χ1v) is 8.72. The minimum Gasteiger partial charge on any atom is -0.353 e. The maximum Gasteiger partial charge on any atom is 0.228 e. The molecule has 0 radical (unpaired) electrons. The second kappa shape index (κ2) is 6.59. The normalized spacial score (nSPS) is 28.6. The molecule has 0 aromatic heterocycles. The van der Waals surface area contributed by atoms with Crippen molar-refractivity contribution in [2.75, 3.05) is 0 Å². The van der Waals surface area contributed by atoms with Crippen molar-refractivity contribution >= 4 is 17.5 Å². The predicted octanol–water partition coefficient (Wildman–Crippen LogP) is 3.48. The molecule has 2 aliphatic rings. The van der Waals surface area contributed by atoms with Crippen LogP contribution in [0.5, 0.6) is 0 Å². The van der Waals surface area contributed by atoms with Gasteiger partial charge in [0.25, 0.3) is 0 Å². The molecule has 3 nitrogen and oxygen atoms in total. The van der Waals surface area contributed by atoms with E-state index in [0.29, 0.717) is 23.1 Å². The topological polar surface area (TPSA) is 41.1 Å². The average Bonchev–Trinajstić information content (AvgIpc) is 2.77. The maximum absolute atomic E-state index is 12.8. The molecule has 2 bridgehead atoms. The lowest BCUT2D eigenvalue weighted by molar-refractivity contribution is -0.124. The highest BCUT2D eigenvalue weighted by molar-refractivity contribution is 6.30. The van der Waals surface area contributed by atoms with Gasteiger partial charge in [0.2, 0.25) is 5.91 Å². The molecule has 2 N–H and O–H groups in total. The summed E-state index contributed by atoms with van der Waals surface area (Å²) in [4.78, 5) is 12.8. The molecule has 3 rings (SSSR count). The quantitative estimate of drug-likeness (QED) is 0.891. The fraction of sp³-hybridized carbons (Fsp3) is 0.611. The van der Waals surface area contributed by atoms with E-state index >= 15 is 0 Å². The standard InChI is InChI=1S/C18H25ClN2O/c1-11(2)17(12-4-3-5-13(19)8-12)18(22)21-16-9-14-6-7-15(10-16)20-14/h3-5,8,11,14-17,20H,6-7,9-10H2,1-2H3,(H,21,22). The molecule has 2 aliphatic heterocycles. The van der Waals surface area contributed by atoms with Crippen LogP contribution in [-0.2, 0) is 4.79 Å². The Bertz CT molecular complexity index is 534. The first-order valence-electron chi connectivity index (χ1n) is 8.35. The van der Waals surface area contributed by atoms with Crippen molar-refractivity contribution in [2.24, 2.45) is 5.92 Å². The third kappa shape index (κ3) is 3.47. The van der Waals surface area contributed by atoms with E-state index in [1.54, 1.807) is 0 Å². The number of benzene rings is 1. The molecule has 4 heteroatoms. The van der Waals surface area contributed by atoms with E-state index in [9.17, 15) is 4.79 Å². The summed E-state index contributed by atoms with van der Waals surface area (Å²) < 4.78 is 0. The molecule has 3 unspecified atom stereocenters.